The van der Waals surface area contributed by atoms with Crippen molar-refractivity contribution in [1.29, 1.82) is 0 Å². The van der Waals surface area contributed by atoms with Gasteiger partial charge in [0, 0.05) is 5.69 Å². The molecule has 2 unspecified atom stereocenters. The van der Waals surface area contributed by atoms with Gasteiger partial charge in [-0.25, -0.2) is 0 Å². The molecule has 0 aromatic heterocycles. The van der Waals surface area contributed by atoms with Gasteiger partial charge in [-0.15, -0.1) is 0 Å². The third-order valence-corrected chi connectivity index (χ3v) is 4.40. The standard InChI is InChI=1S/C18H31N/c1-8-12(3)15-10-14(18(5,6)7)11-16(17(15)19)13(4)9-2/h10-13H,8-9,19H2,1-7H3. The van der Waals surface area contributed by atoms with E-state index < -0.39 is 0 Å². The zero-order chi connectivity index (χ0) is 14.8. The summed E-state index contributed by atoms with van der Waals surface area (Å²) in [5, 5.41) is 0. The Balaban J connectivity index is 3.47. The monoisotopic (exact) mass is 261 g/mol. The maximum absolute atomic E-state index is 6.45. The van der Waals surface area contributed by atoms with Crippen LogP contribution in [-0.4, -0.2) is 0 Å². The van der Waals surface area contributed by atoms with Crippen molar-refractivity contribution >= 4 is 5.69 Å². The third-order valence-electron chi connectivity index (χ3n) is 4.40. The lowest BCUT2D eigenvalue weighted by Gasteiger charge is -2.26. The van der Waals surface area contributed by atoms with E-state index in [1.165, 1.54) is 16.7 Å². The Hall–Kier alpha value is -0.980. The fourth-order valence-corrected chi connectivity index (χ4v) is 2.39. The molecule has 1 aromatic rings. The lowest BCUT2D eigenvalue weighted by atomic mass is 9.80. The minimum absolute atomic E-state index is 0.179. The number of nitrogens with two attached hydrogens (primary N) is 1. The minimum Gasteiger partial charge on any atom is -0.398 e. The molecule has 1 heteroatoms. The van der Waals surface area contributed by atoms with Crippen LogP contribution in [0.25, 0.3) is 0 Å². The van der Waals surface area contributed by atoms with Gasteiger partial charge in [0.2, 0.25) is 0 Å². The summed E-state index contributed by atoms with van der Waals surface area (Å²) >= 11 is 0. The molecule has 2 N–H and O–H groups in total. The Labute approximate surface area is 119 Å². The van der Waals surface area contributed by atoms with Gasteiger partial charge in [-0.3, -0.25) is 0 Å². The number of nitrogen functional groups attached to an aromatic ring is 1. The van der Waals surface area contributed by atoms with E-state index >= 15 is 0 Å². The van der Waals surface area contributed by atoms with Crippen LogP contribution in [0, 0.1) is 0 Å². The summed E-state index contributed by atoms with van der Waals surface area (Å²) in [5.41, 5.74) is 11.7. The molecule has 0 amide bonds. The lowest BCUT2D eigenvalue weighted by Crippen LogP contribution is -2.15. The number of benzene rings is 1. The Morgan fingerprint density at radius 3 is 1.58 bits per heavy atom. The van der Waals surface area contributed by atoms with Crippen LogP contribution < -0.4 is 5.73 Å². The molecule has 0 aliphatic heterocycles. The van der Waals surface area contributed by atoms with Crippen LogP contribution >= 0.6 is 0 Å². The zero-order valence-corrected chi connectivity index (χ0v) is 13.8. The highest BCUT2D eigenvalue weighted by atomic mass is 14.6. The van der Waals surface area contributed by atoms with Crippen LogP contribution in [0.1, 0.15) is 89.8 Å². The number of hydrogen-bond donors (Lipinski definition) is 1. The van der Waals surface area contributed by atoms with Gasteiger partial charge >= 0.3 is 0 Å². The second-order valence-electron chi connectivity index (χ2n) is 6.94. The van der Waals surface area contributed by atoms with Crippen molar-refractivity contribution in [1.82, 2.24) is 0 Å². The number of anilines is 1. The van der Waals surface area contributed by atoms with E-state index in [0.717, 1.165) is 18.5 Å². The molecule has 1 aromatic carbocycles. The fourth-order valence-electron chi connectivity index (χ4n) is 2.39. The fraction of sp³-hybridized carbons (Fsp3) is 0.667. The van der Waals surface area contributed by atoms with Crippen molar-refractivity contribution in [3.63, 3.8) is 0 Å². The van der Waals surface area contributed by atoms with Gasteiger partial charge in [-0.05, 0) is 46.8 Å². The van der Waals surface area contributed by atoms with E-state index in [1.54, 1.807) is 0 Å². The summed E-state index contributed by atoms with van der Waals surface area (Å²) in [6.45, 7) is 15.8. The van der Waals surface area contributed by atoms with Gasteiger partial charge < -0.3 is 5.73 Å². The topological polar surface area (TPSA) is 26.0 Å². The van der Waals surface area contributed by atoms with Gasteiger partial charge in [-0.1, -0.05) is 60.6 Å². The highest BCUT2D eigenvalue weighted by molar-refractivity contribution is 5.59. The van der Waals surface area contributed by atoms with Gasteiger partial charge in [0.15, 0.2) is 0 Å². The van der Waals surface area contributed by atoms with Crippen LogP contribution in [0.4, 0.5) is 5.69 Å². The molecule has 1 nitrogen and oxygen atoms in total. The quantitative estimate of drug-likeness (QED) is 0.702. The maximum atomic E-state index is 6.45. The molecule has 0 bridgehead atoms. The van der Waals surface area contributed by atoms with Crippen molar-refractivity contribution in [2.45, 2.75) is 78.6 Å². The molecule has 0 fully saturated rings. The molecule has 0 heterocycles. The van der Waals surface area contributed by atoms with Crippen molar-refractivity contribution in [2.24, 2.45) is 0 Å². The van der Waals surface area contributed by atoms with Gasteiger partial charge in [-0.2, -0.15) is 0 Å². The van der Waals surface area contributed by atoms with Crippen LogP contribution in [0.5, 0.6) is 0 Å². The lowest BCUT2D eigenvalue weighted by molar-refractivity contribution is 0.584. The van der Waals surface area contributed by atoms with Crippen molar-refractivity contribution in [3.05, 3.63) is 28.8 Å². The van der Waals surface area contributed by atoms with Crippen LogP contribution in [0.2, 0.25) is 0 Å². The number of hydrogen-bond acceptors (Lipinski definition) is 1. The Morgan fingerprint density at radius 1 is 0.947 bits per heavy atom. The molecule has 0 saturated carbocycles. The zero-order valence-electron chi connectivity index (χ0n) is 13.8. The Kier molecular flexibility index (Phi) is 5.06. The molecule has 1 rings (SSSR count). The summed E-state index contributed by atoms with van der Waals surface area (Å²) in [6.07, 6.45) is 2.27. The van der Waals surface area contributed by atoms with Crippen molar-refractivity contribution in [2.75, 3.05) is 5.73 Å². The van der Waals surface area contributed by atoms with Crippen molar-refractivity contribution < 1.29 is 0 Å². The van der Waals surface area contributed by atoms with Crippen LogP contribution in [-0.2, 0) is 5.41 Å². The molecule has 0 radical (unpaired) electrons. The van der Waals surface area contributed by atoms with E-state index in [1.807, 2.05) is 0 Å². The summed E-state index contributed by atoms with van der Waals surface area (Å²) in [7, 11) is 0. The molecular formula is C18H31N. The molecular weight excluding hydrogens is 230 g/mol. The molecule has 0 spiro atoms. The molecule has 2 atom stereocenters. The van der Waals surface area contributed by atoms with E-state index in [0.29, 0.717) is 11.8 Å². The normalized spacial score (nSPS) is 15.3. The second-order valence-corrected chi connectivity index (χ2v) is 6.94. The first-order valence-electron chi connectivity index (χ1n) is 7.66. The van der Waals surface area contributed by atoms with Gasteiger partial charge in [0.1, 0.15) is 0 Å². The van der Waals surface area contributed by atoms with Crippen LogP contribution in [0.3, 0.4) is 0 Å². The van der Waals surface area contributed by atoms with E-state index in [-0.39, 0.29) is 5.41 Å². The summed E-state index contributed by atoms with van der Waals surface area (Å²) in [6, 6.07) is 4.66. The van der Waals surface area contributed by atoms with E-state index in [2.05, 4.69) is 60.6 Å². The molecule has 0 aliphatic carbocycles. The van der Waals surface area contributed by atoms with Gasteiger partial charge in [0.05, 0.1) is 0 Å². The predicted molar refractivity (Wildman–Crippen MR) is 87.0 cm³/mol. The first kappa shape index (κ1) is 16.1. The predicted octanol–water partition coefficient (Wildman–Crippen LogP) is 5.59. The molecule has 108 valence electrons. The SMILES string of the molecule is CCC(C)c1cc(C(C)(C)C)cc(C(C)CC)c1N. The number of rotatable bonds is 4. The minimum atomic E-state index is 0.179. The first-order chi connectivity index (χ1) is 8.72. The Morgan fingerprint density at radius 2 is 1.32 bits per heavy atom. The smallest absolute Gasteiger partial charge is 0.0384 e. The summed E-state index contributed by atoms with van der Waals surface area (Å²) in [5.74, 6) is 1.07. The molecule has 0 aliphatic rings. The largest absolute Gasteiger partial charge is 0.398 e. The van der Waals surface area contributed by atoms with Crippen molar-refractivity contribution in [3.8, 4) is 0 Å². The maximum Gasteiger partial charge on any atom is 0.0384 e. The van der Waals surface area contributed by atoms with Gasteiger partial charge in [0.25, 0.3) is 0 Å². The molecule has 19 heavy (non-hydrogen) atoms. The van der Waals surface area contributed by atoms with E-state index in [9.17, 15) is 0 Å². The highest BCUT2D eigenvalue weighted by Gasteiger charge is 2.21. The van der Waals surface area contributed by atoms with Crippen LogP contribution in [0.15, 0.2) is 12.1 Å². The third kappa shape index (κ3) is 3.52. The first-order valence-corrected chi connectivity index (χ1v) is 7.66. The average Bonchev–Trinajstić information content (AvgIpc) is 2.35. The summed E-state index contributed by atoms with van der Waals surface area (Å²) < 4.78 is 0. The van der Waals surface area contributed by atoms with E-state index in [4.69, 9.17) is 5.73 Å². The second kappa shape index (κ2) is 5.98. The summed E-state index contributed by atoms with van der Waals surface area (Å²) in [4.78, 5) is 0. The molecule has 0 saturated heterocycles. The highest BCUT2D eigenvalue weighted by Crippen LogP contribution is 2.37. The Bertz CT molecular complexity index is 395. The average molecular weight is 261 g/mol.